The molecule has 1 saturated carbocycles. The highest BCUT2D eigenvalue weighted by Gasteiger charge is 2.29. The van der Waals surface area contributed by atoms with Crippen molar-refractivity contribution in [2.24, 2.45) is 0 Å². The number of anilines is 1. The lowest BCUT2D eigenvalue weighted by molar-refractivity contribution is -0.116. The van der Waals surface area contributed by atoms with Crippen molar-refractivity contribution in [3.05, 3.63) is 28.2 Å². The third-order valence-corrected chi connectivity index (χ3v) is 6.00. The summed E-state index contributed by atoms with van der Waals surface area (Å²) in [6.07, 6.45) is 6.92. The fourth-order valence-electron chi connectivity index (χ4n) is 2.99. The minimum atomic E-state index is -3.47. The van der Waals surface area contributed by atoms with Crippen molar-refractivity contribution in [2.75, 3.05) is 18.1 Å². The first-order chi connectivity index (χ1) is 11.3. The summed E-state index contributed by atoms with van der Waals surface area (Å²) >= 11 is 11.9. The van der Waals surface area contributed by atoms with Crippen molar-refractivity contribution in [3.8, 4) is 0 Å². The third-order valence-electron chi connectivity index (χ3n) is 4.16. The molecule has 1 N–H and O–H groups in total. The summed E-state index contributed by atoms with van der Waals surface area (Å²) in [5, 5.41) is 3.44. The number of benzene rings is 1. The maximum Gasteiger partial charge on any atom is 0.239 e. The van der Waals surface area contributed by atoms with Gasteiger partial charge in [-0.15, -0.1) is 0 Å². The number of hydrogen-bond acceptors (Lipinski definition) is 3. The quantitative estimate of drug-likeness (QED) is 0.772. The molecule has 1 aliphatic rings. The molecule has 1 aromatic rings. The number of carbonyl (C=O) groups is 1. The van der Waals surface area contributed by atoms with Crippen molar-refractivity contribution in [1.82, 2.24) is 4.31 Å². The summed E-state index contributed by atoms with van der Waals surface area (Å²) in [6.45, 7) is -0.216. The smallest absolute Gasteiger partial charge is 0.239 e. The van der Waals surface area contributed by atoms with Crippen molar-refractivity contribution in [1.29, 1.82) is 0 Å². The average molecular weight is 393 g/mol. The van der Waals surface area contributed by atoms with Crippen LogP contribution in [0.1, 0.15) is 38.5 Å². The highest BCUT2D eigenvalue weighted by atomic mass is 35.5. The van der Waals surface area contributed by atoms with Crippen LogP contribution in [0.4, 0.5) is 5.69 Å². The van der Waals surface area contributed by atoms with E-state index in [0.717, 1.165) is 44.8 Å². The van der Waals surface area contributed by atoms with Crippen LogP contribution in [0.5, 0.6) is 0 Å². The van der Waals surface area contributed by atoms with Gasteiger partial charge in [-0.05, 0) is 31.0 Å². The van der Waals surface area contributed by atoms with E-state index in [0.29, 0.717) is 15.7 Å². The Morgan fingerprint density at radius 2 is 1.83 bits per heavy atom. The molecule has 0 aromatic heterocycles. The van der Waals surface area contributed by atoms with Gasteiger partial charge in [0.1, 0.15) is 0 Å². The average Bonchev–Trinajstić information content (AvgIpc) is 2.76. The van der Waals surface area contributed by atoms with Crippen LogP contribution in [-0.2, 0) is 14.8 Å². The number of nitrogens with zero attached hydrogens (tertiary/aromatic N) is 1. The van der Waals surface area contributed by atoms with Crippen LogP contribution in [-0.4, -0.2) is 37.5 Å². The second-order valence-corrected chi connectivity index (χ2v) is 8.90. The van der Waals surface area contributed by atoms with Crippen molar-refractivity contribution >= 4 is 44.8 Å². The van der Waals surface area contributed by atoms with E-state index in [1.807, 2.05) is 0 Å². The van der Waals surface area contributed by atoms with Gasteiger partial charge in [0, 0.05) is 11.1 Å². The Bertz CT molecular complexity index is 687. The van der Waals surface area contributed by atoms with Crippen LogP contribution in [0, 0.1) is 0 Å². The Balaban J connectivity index is 2.11. The highest BCUT2D eigenvalue weighted by Crippen LogP contribution is 2.26. The summed E-state index contributed by atoms with van der Waals surface area (Å²) in [4.78, 5) is 12.3. The molecule has 2 rings (SSSR count). The zero-order chi connectivity index (χ0) is 17.7. The van der Waals surface area contributed by atoms with Crippen LogP contribution < -0.4 is 5.32 Å². The van der Waals surface area contributed by atoms with Gasteiger partial charge in [-0.25, -0.2) is 8.42 Å². The molecule has 8 heteroatoms. The second kappa shape index (κ2) is 8.52. The maximum atomic E-state index is 12.3. The number of carbonyl (C=O) groups excluding carboxylic acids is 1. The van der Waals surface area contributed by atoms with Gasteiger partial charge in [-0.2, -0.15) is 4.31 Å². The monoisotopic (exact) mass is 392 g/mol. The molecule has 0 bridgehead atoms. The molecular weight excluding hydrogens is 371 g/mol. The van der Waals surface area contributed by atoms with Crippen molar-refractivity contribution in [2.45, 2.75) is 44.6 Å². The number of halogens is 2. The molecule has 0 unspecified atom stereocenters. The minimum absolute atomic E-state index is 0.122. The van der Waals surface area contributed by atoms with Gasteiger partial charge in [-0.3, -0.25) is 4.79 Å². The fourth-order valence-corrected chi connectivity index (χ4v) is 4.43. The zero-order valence-corrected chi connectivity index (χ0v) is 15.9. The predicted molar refractivity (Wildman–Crippen MR) is 98.1 cm³/mol. The zero-order valence-electron chi connectivity index (χ0n) is 13.6. The Labute approximate surface area is 153 Å². The third kappa shape index (κ3) is 5.62. The molecule has 5 nitrogen and oxygen atoms in total. The lowest BCUT2D eigenvalue weighted by Crippen LogP contribution is -2.44. The molecule has 0 heterocycles. The van der Waals surface area contributed by atoms with Gasteiger partial charge >= 0.3 is 0 Å². The number of sulfonamides is 1. The van der Waals surface area contributed by atoms with E-state index in [-0.39, 0.29) is 12.6 Å². The van der Waals surface area contributed by atoms with E-state index in [4.69, 9.17) is 23.2 Å². The van der Waals surface area contributed by atoms with E-state index in [2.05, 4.69) is 5.32 Å². The van der Waals surface area contributed by atoms with Gasteiger partial charge in [0.2, 0.25) is 15.9 Å². The fraction of sp³-hybridized carbons (Fsp3) is 0.562. The normalized spacial score (nSPS) is 16.8. The molecule has 0 aliphatic heterocycles. The summed E-state index contributed by atoms with van der Waals surface area (Å²) in [6, 6.07) is 4.62. The lowest BCUT2D eigenvalue weighted by Gasteiger charge is -2.28. The highest BCUT2D eigenvalue weighted by molar-refractivity contribution is 7.88. The van der Waals surface area contributed by atoms with Crippen molar-refractivity contribution in [3.63, 3.8) is 0 Å². The molecule has 0 spiro atoms. The molecule has 0 saturated heterocycles. The Morgan fingerprint density at radius 3 is 2.42 bits per heavy atom. The molecule has 1 aromatic carbocycles. The van der Waals surface area contributed by atoms with Gasteiger partial charge in [0.15, 0.2) is 0 Å². The van der Waals surface area contributed by atoms with E-state index < -0.39 is 15.9 Å². The maximum absolute atomic E-state index is 12.3. The molecule has 0 radical (unpaired) electrons. The van der Waals surface area contributed by atoms with Gasteiger partial charge in [0.25, 0.3) is 0 Å². The Hall–Kier alpha value is -0.820. The van der Waals surface area contributed by atoms with Crippen LogP contribution in [0.2, 0.25) is 10.0 Å². The SMILES string of the molecule is CS(=O)(=O)N(CC(=O)Nc1cc(Cl)ccc1Cl)C1CCCCCC1. The minimum Gasteiger partial charge on any atom is -0.324 e. The number of amides is 1. The molecule has 1 amide bonds. The number of hydrogen-bond donors (Lipinski definition) is 1. The van der Waals surface area contributed by atoms with Crippen molar-refractivity contribution < 1.29 is 13.2 Å². The molecule has 0 atom stereocenters. The second-order valence-electron chi connectivity index (χ2n) is 6.13. The van der Waals surface area contributed by atoms with Crippen LogP contribution >= 0.6 is 23.2 Å². The number of nitrogens with one attached hydrogen (secondary N) is 1. The molecule has 134 valence electrons. The van der Waals surface area contributed by atoms with E-state index in [1.165, 1.54) is 10.4 Å². The standard InChI is InChI=1S/C16H22Cl2N2O3S/c1-24(22,23)20(13-6-4-2-3-5-7-13)11-16(21)19-15-10-12(17)8-9-14(15)18/h8-10,13H,2-7,11H2,1H3,(H,19,21). The predicted octanol–water partition coefficient (Wildman–Crippen LogP) is 3.92. The Morgan fingerprint density at radius 1 is 1.21 bits per heavy atom. The summed E-state index contributed by atoms with van der Waals surface area (Å²) in [5.41, 5.74) is 0.378. The van der Waals surface area contributed by atoms with Crippen LogP contribution in [0.3, 0.4) is 0 Å². The van der Waals surface area contributed by atoms with Gasteiger partial charge in [-0.1, -0.05) is 48.9 Å². The van der Waals surface area contributed by atoms with Gasteiger partial charge < -0.3 is 5.32 Å². The summed E-state index contributed by atoms with van der Waals surface area (Å²) in [5.74, 6) is -0.422. The number of rotatable bonds is 5. The van der Waals surface area contributed by atoms with E-state index in [9.17, 15) is 13.2 Å². The molecule has 1 fully saturated rings. The molecular formula is C16H22Cl2N2O3S. The summed E-state index contributed by atoms with van der Waals surface area (Å²) < 4.78 is 25.6. The molecule has 1 aliphatic carbocycles. The van der Waals surface area contributed by atoms with Crippen LogP contribution in [0.25, 0.3) is 0 Å². The van der Waals surface area contributed by atoms with E-state index in [1.54, 1.807) is 12.1 Å². The molecule has 24 heavy (non-hydrogen) atoms. The first-order valence-electron chi connectivity index (χ1n) is 7.99. The first kappa shape index (κ1) is 19.5. The van der Waals surface area contributed by atoms with Crippen LogP contribution in [0.15, 0.2) is 18.2 Å². The van der Waals surface area contributed by atoms with E-state index >= 15 is 0 Å². The topological polar surface area (TPSA) is 66.5 Å². The lowest BCUT2D eigenvalue weighted by atomic mass is 10.1. The largest absolute Gasteiger partial charge is 0.324 e. The first-order valence-corrected chi connectivity index (χ1v) is 10.6. The van der Waals surface area contributed by atoms with Gasteiger partial charge in [0.05, 0.1) is 23.5 Å². The Kier molecular flexibility index (Phi) is 6.92. The summed E-state index contributed by atoms with van der Waals surface area (Å²) in [7, 11) is -3.47.